The molecule has 5 N–H and O–H groups in total. The number of rotatable bonds is 3. The molecule has 0 spiro atoms. The van der Waals surface area contributed by atoms with Crippen molar-refractivity contribution in [3.05, 3.63) is 53.0 Å². The molecule has 0 fully saturated rings. The maximum atomic E-state index is 5.96. The summed E-state index contributed by atoms with van der Waals surface area (Å²) in [5.74, 6) is 6.18. The third-order valence-electron chi connectivity index (χ3n) is 3.07. The van der Waals surface area contributed by atoms with E-state index in [1.165, 1.54) is 0 Å². The van der Waals surface area contributed by atoms with Crippen LogP contribution in [0.4, 0.5) is 5.82 Å². The molecular formula is C13H17N5. The van der Waals surface area contributed by atoms with E-state index in [9.17, 15) is 0 Å². The monoisotopic (exact) mass is 243 g/mol. The normalized spacial score (nSPS) is 12.4. The number of hydrogen-bond donors (Lipinski definition) is 3. The molecule has 2 aromatic heterocycles. The SMILES string of the molecule is Cc1cnccc1C(NN)c1c(C)ccnc1N. The van der Waals surface area contributed by atoms with Crippen molar-refractivity contribution in [1.29, 1.82) is 0 Å². The molecule has 2 aromatic rings. The third kappa shape index (κ3) is 2.18. The Bertz CT molecular complexity index is 533. The zero-order valence-electron chi connectivity index (χ0n) is 10.5. The van der Waals surface area contributed by atoms with E-state index in [-0.39, 0.29) is 6.04 Å². The van der Waals surface area contributed by atoms with Crippen molar-refractivity contribution in [3.63, 3.8) is 0 Å². The molecule has 1 atom stereocenters. The van der Waals surface area contributed by atoms with Gasteiger partial charge >= 0.3 is 0 Å². The highest BCUT2D eigenvalue weighted by atomic mass is 15.2. The molecule has 0 saturated heterocycles. The zero-order valence-corrected chi connectivity index (χ0v) is 10.5. The van der Waals surface area contributed by atoms with Gasteiger partial charge in [-0.3, -0.25) is 10.8 Å². The van der Waals surface area contributed by atoms with Gasteiger partial charge in [-0.15, -0.1) is 0 Å². The Balaban J connectivity index is 2.56. The quantitative estimate of drug-likeness (QED) is 0.557. The summed E-state index contributed by atoms with van der Waals surface area (Å²) in [6.07, 6.45) is 5.25. The number of nitrogens with two attached hydrogens (primary N) is 2. The van der Waals surface area contributed by atoms with Crippen LogP contribution in [-0.2, 0) is 0 Å². The summed E-state index contributed by atoms with van der Waals surface area (Å²) in [6.45, 7) is 3.99. The van der Waals surface area contributed by atoms with Gasteiger partial charge in [0.15, 0.2) is 0 Å². The Morgan fingerprint density at radius 3 is 2.56 bits per heavy atom. The van der Waals surface area contributed by atoms with Crippen molar-refractivity contribution >= 4 is 5.82 Å². The van der Waals surface area contributed by atoms with Gasteiger partial charge in [0, 0.05) is 24.2 Å². The fourth-order valence-corrected chi connectivity index (χ4v) is 2.10. The summed E-state index contributed by atoms with van der Waals surface area (Å²) < 4.78 is 0. The number of aryl methyl sites for hydroxylation is 2. The van der Waals surface area contributed by atoms with Crippen LogP contribution in [0.2, 0.25) is 0 Å². The molecule has 94 valence electrons. The molecule has 0 aliphatic rings. The lowest BCUT2D eigenvalue weighted by Crippen LogP contribution is -2.30. The number of pyridine rings is 2. The van der Waals surface area contributed by atoms with Crippen LogP contribution < -0.4 is 17.0 Å². The lowest BCUT2D eigenvalue weighted by molar-refractivity contribution is 0.629. The molecule has 5 nitrogen and oxygen atoms in total. The second-order valence-corrected chi connectivity index (χ2v) is 4.26. The van der Waals surface area contributed by atoms with Crippen molar-refractivity contribution in [2.24, 2.45) is 5.84 Å². The highest BCUT2D eigenvalue weighted by molar-refractivity contribution is 5.50. The molecule has 0 amide bonds. The molecule has 0 aliphatic carbocycles. The molecule has 0 aromatic carbocycles. The van der Waals surface area contributed by atoms with Crippen LogP contribution >= 0.6 is 0 Å². The van der Waals surface area contributed by atoms with Gasteiger partial charge in [-0.25, -0.2) is 10.4 Å². The second-order valence-electron chi connectivity index (χ2n) is 4.26. The van der Waals surface area contributed by atoms with Crippen LogP contribution in [-0.4, -0.2) is 9.97 Å². The molecule has 0 aliphatic heterocycles. The Morgan fingerprint density at radius 2 is 1.94 bits per heavy atom. The molecular weight excluding hydrogens is 226 g/mol. The summed E-state index contributed by atoms with van der Waals surface area (Å²) in [7, 11) is 0. The largest absolute Gasteiger partial charge is 0.383 e. The fourth-order valence-electron chi connectivity index (χ4n) is 2.10. The minimum atomic E-state index is -0.179. The molecule has 1 unspecified atom stereocenters. The molecule has 0 radical (unpaired) electrons. The minimum Gasteiger partial charge on any atom is -0.383 e. The first-order valence-electron chi connectivity index (χ1n) is 5.72. The Hall–Kier alpha value is -1.98. The van der Waals surface area contributed by atoms with E-state index in [1.54, 1.807) is 12.4 Å². The van der Waals surface area contributed by atoms with E-state index in [4.69, 9.17) is 11.6 Å². The van der Waals surface area contributed by atoms with Crippen LogP contribution in [0.3, 0.4) is 0 Å². The van der Waals surface area contributed by atoms with Crippen LogP contribution in [0.5, 0.6) is 0 Å². The van der Waals surface area contributed by atoms with Crippen molar-refractivity contribution < 1.29 is 0 Å². The van der Waals surface area contributed by atoms with Gasteiger partial charge in [0.1, 0.15) is 5.82 Å². The highest BCUT2D eigenvalue weighted by Crippen LogP contribution is 2.29. The lowest BCUT2D eigenvalue weighted by atomic mass is 9.94. The smallest absolute Gasteiger partial charge is 0.128 e. The predicted molar refractivity (Wildman–Crippen MR) is 71.5 cm³/mol. The number of hydrogen-bond acceptors (Lipinski definition) is 5. The number of hydrazine groups is 1. The minimum absolute atomic E-state index is 0.179. The summed E-state index contributed by atoms with van der Waals surface area (Å²) in [4.78, 5) is 8.22. The lowest BCUT2D eigenvalue weighted by Gasteiger charge is -2.21. The van der Waals surface area contributed by atoms with Crippen molar-refractivity contribution in [1.82, 2.24) is 15.4 Å². The van der Waals surface area contributed by atoms with Crippen molar-refractivity contribution in [3.8, 4) is 0 Å². The first-order chi connectivity index (χ1) is 8.65. The maximum absolute atomic E-state index is 5.96. The Labute approximate surface area is 106 Å². The number of aromatic nitrogens is 2. The van der Waals surface area contributed by atoms with E-state index in [0.29, 0.717) is 5.82 Å². The van der Waals surface area contributed by atoms with E-state index in [2.05, 4.69) is 15.4 Å². The summed E-state index contributed by atoms with van der Waals surface area (Å²) in [5.41, 5.74) is 12.9. The van der Waals surface area contributed by atoms with Crippen LogP contribution in [0.25, 0.3) is 0 Å². The van der Waals surface area contributed by atoms with E-state index >= 15 is 0 Å². The zero-order chi connectivity index (χ0) is 13.1. The predicted octanol–water partition coefficient (Wildman–Crippen LogP) is 1.23. The Kier molecular flexibility index (Phi) is 3.55. The topological polar surface area (TPSA) is 89.8 Å². The maximum Gasteiger partial charge on any atom is 0.128 e. The van der Waals surface area contributed by atoms with E-state index in [1.807, 2.05) is 32.2 Å². The van der Waals surface area contributed by atoms with Crippen molar-refractivity contribution in [2.45, 2.75) is 19.9 Å². The van der Waals surface area contributed by atoms with Gasteiger partial charge in [-0.2, -0.15) is 0 Å². The molecule has 2 heterocycles. The standard InChI is InChI=1S/C13H17N5/c1-8-3-6-17-13(14)11(8)12(18-15)10-4-5-16-7-9(10)2/h3-7,12,18H,15H2,1-2H3,(H2,14,17). The molecule has 0 bridgehead atoms. The summed E-state index contributed by atoms with van der Waals surface area (Å²) >= 11 is 0. The number of nitrogen functional groups attached to an aromatic ring is 1. The summed E-state index contributed by atoms with van der Waals surface area (Å²) in [6, 6.07) is 3.68. The molecule has 2 rings (SSSR count). The number of nitrogens with zero attached hydrogens (tertiary/aromatic N) is 2. The van der Waals surface area contributed by atoms with Crippen molar-refractivity contribution in [2.75, 3.05) is 5.73 Å². The molecule has 18 heavy (non-hydrogen) atoms. The van der Waals surface area contributed by atoms with Crippen LogP contribution in [0.15, 0.2) is 30.7 Å². The second kappa shape index (κ2) is 5.12. The van der Waals surface area contributed by atoms with Crippen LogP contribution in [0.1, 0.15) is 28.3 Å². The van der Waals surface area contributed by atoms with Crippen LogP contribution in [0, 0.1) is 13.8 Å². The van der Waals surface area contributed by atoms with Gasteiger partial charge < -0.3 is 5.73 Å². The number of nitrogens with one attached hydrogen (secondary N) is 1. The summed E-state index contributed by atoms with van der Waals surface area (Å²) in [5, 5.41) is 0. The van der Waals surface area contributed by atoms with Gasteiger partial charge in [0.05, 0.1) is 6.04 Å². The molecule has 0 saturated carbocycles. The molecule has 5 heteroatoms. The van der Waals surface area contributed by atoms with Gasteiger partial charge in [0.25, 0.3) is 0 Å². The average molecular weight is 243 g/mol. The average Bonchev–Trinajstić information content (AvgIpc) is 2.35. The third-order valence-corrected chi connectivity index (χ3v) is 3.07. The highest BCUT2D eigenvalue weighted by Gasteiger charge is 2.19. The van der Waals surface area contributed by atoms with Gasteiger partial charge in [-0.1, -0.05) is 0 Å². The fraction of sp³-hybridized carbons (Fsp3) is 0.231. The van der Waals surface area contributed by atoms with Gasteiger partial charge in [-0.05, 0) is 42.7 Å². The van der Waals surface area contributed by atoms with E-state index < -0.39 is 0 Å². The first-order valence-corrected chi connectivity index (χ1v) is 5.72. The Morgan fingerprint density at radius 1 is 1.17 bits per heavy atom. The van der Waals surface area contributed by atoms with E-state index in [0.717, 1.165) is 22.3 Å². The number of anilines is 1. The first kappa shape index (κ1) is 12.5. The van der Waals surface area contributed by atoms with Gasteiger partial charge in [0.2, 0.25) is 0 Å².